The molecular formula is C29H23N5O4. The number of rotatable bonds is 6. The molecule has 0 radical (unpaired) electrons. The number of benzene rings is 3. The van der Waals surface area contributed by atoms with Gasteiger partial charge in [0.15, 0.2) is 0 Å². The Hall–Kier alpha value is -5.36. The summed E-state index contributed by atoms with van der Waals surface area (Å²) >= 11 is 0. The van der Waals surface area contributed by atoms with Crippen molar-refractivity contribution < 1.29 is 14.3 Å². The molecule has 0 saturated carbocycles. The lowest BCUT2D eigenvalue weighted by Crippen LogP contribution is -2.30. The minimum atomic E-state index is -0.595. The van der Waals surface area contributed by atoms with Crippen LogP contribution in [0.25, 0.3) is 23.0 Å². The molecule has 0 spiro atoms. The molecule has 3 amide bonds. The van der Waals surface area contributed by atoms with E-state index in [1.807, 2.05) is 43.3 Å². The Morgan fingerprint density at radius 2 is 1.74 bits per heavy atom. The van der Waals surface area contributed by atoms with Crippen LogP contribution in [0.1, 0.15) is 22.3 Å². The lowest BCUT2D eigenvalue weighted by atomic mass is 10.1. The highest BCUT2D eigenvalue weighted by Crippen LogP contribution is 2.27. The van der Waals surface area contributed by atoms with Crippen LogP contribution < -0.4 is 15.6 Å². The van der Waals surface area contributed by atoms with Gasteiger partial charge in [0.25, 0.3) is 11.5 Å². The molecule has 38 heavy (non-hydrogen) atoms. The number of methoxy groups -OCH3 is 1. The van der Waals surface area contributed by atoms with Crippen molar-refractivity contribution in [3.05, 3.63) is 111 Å². The van der Waals surface area contributed by atoms with Crippen molar-refractivity contribution >= 4 is 18.0 Å². The molecule has 9 heteroatoms. The van der Waals surface area contributed by atoms with Crippen LogP contribution in [-0.4, -0.2) is 33.7 Å². The molecule has 2 N–H and O–H groups in total. The number of ether oxygens (including phenoxy) is 1. The number of hydrogen-bond donors (Lipinski definition) is 2. The van der Waals surface area contributed by atoms with E-state index in [0.717, 1.165) is 10.5 Å². The number of carbonyl (C=O) groups excluding carboxylic acids is 2. The summed E-state index contributed by atoms with van der Waals surface area (Å²) in [6.45, 7) is 1.98. The average Bonchev–Trinajstić information content (AvgIpc) is 3.40. The number of aryl methyl sites for hydroxylation is 1. The topological polar surface area (TPSA) is 120 Å². The van der Waals surface area contributed by atoms with Crippen LogP contribution in [-0.2, 0) is 11.3 Å². The lowest BCUT2D eigenvalue weighted by Gasteiger charge is -2.11. The summed E-state index contributed by atoms with van der Waals surface area (Å²) in [5.74, 6) is 0.0438. The zero-order valence-electron chi connectivity index (χ0n) is 20.7. The molecule has 3 aromatic carbocycles. The van der Waals surface area contributed by atoms with Gasteiger partial charge in [-0.25, -0.2) is 9.48 Å². The van der Waals surface area contributed by atoms with Gasteiger partial charge in [-0.1, -0.05) is 42.0 Å². The third kappa shape index (κ3) is 4.58. The van der Waals surface area contributed by atoms with Crippen LogP contribution in [0.15, 0.2) is 83.3 Å². The zero-order chi connectivity index (χ0) is 26.8. The Labute approximate surface area is 218 Å². The Kier molecular flexibility index (Phi) is 6.37. The highest BCUT2D eigenvalue weighted by atomic mass is 16.5. The third-order valence-electron chi connectivity index (χ3n) is 6.25. The van der Waals surface area contributed by atoms with Gasteiger partial charge in [0.05, 0.1) is 42.2 Å². The minimum Gasteiger partial charge on any atom is -0.497 e. The molecule has 1 fully saturated rings. The van der Waals surface area contributed by atoms with Crippen molar-refractivity contribution in [3.8, 4) is 28.8 Å². The summed E-state index contributed by atoms with van der Waals surface area (Å²) in [7, 11) is 1.55. The number of nitriles is 1. The van der Waals surface area contributed by atoms with Crippen molar-refractivity contribution in [2.24, 2.45) is 0 Å². The molecule has 0 bridgehead atoms. The van der Waals surface area contributed by atoms with Crippen LogP contribution in [0.3, 0.4) is 0 Å². The monoisotopic (exact) mass is 505 g/mol. The van der Waals surface area contributed by atoms with E-state index in [9.17, 15) is 14.4 Å². The molecule has 4 aromatic rings. The SMILES string of the molecule is COc1cccc(-c2[nH]n(-c3ccc(C)cc3)c(=O)c2/C=C2\NC(=O)N(Cc3ccc(C#N)cc3)C2=O)c1. The number of urea groups is 1. The van der Waals surface area contributed by atoms with E-state index in [-0.39, 0.29) is 23.4 Å². The number of nitrogens with zero attached hydrogens (tertiary/aromatic N) is 3. The van der Waals surface area contributed by atoms with Crippen LogP contribution in [0.4, 0.5) is 4.79 Å². The van der Waals surface area contributed by atoms with Crippen molar-refractivity contribution in [2.75, 3.05) is 7.11 Å². The molecular weight excluding hydrogens is 482 g/mol. The van der Waals surface area contributed by atoms with E-state index in [2.05, 4.69) is 10.4 Å². The van der Waals surface area contributed by atoms with E-state index in [1.165, 1.54) is 10.8 Å². The molecule has 1 aliphatic heterocycles. The Balaban J connectivity index is 1.56. The molecule has 9 nitrogen and oxygen atoms in total. The minimum absolute atomic E-state index is 0.0139. The summed E-state index contributed by atoms with van der Waals surface area (Å²) < 4.78 is 6.75. The first-order valence-corrected chi connectivity index (χ1v) is 11.8. The highest BCUT2D eigenvalue weighted by Gasteiger charge is 2.34. The fraction of sp³-hybridized carbons (Fsp3) is 0.103. The number of H-pyrrole nitrogens is 1. The summed E-state index contributed by atoms with van der Waals surface area (Å²) in [4.78, 5) is 40.6. The molecule has 5 rings (SSSR count). The van der Waals surface area contributed by atoms with E-state index < -0.39 is 11.9 Å². The maximum Gasteiger partial charge on any atom is 0.329 e. The number of amides is 3. The van der Waals surface area contributed by atoms with E-state index in [4.69, 9.17) is 10.00 Å². The molecule has 0 atom stereocenters. The molecule has 0 unspecified atom stereocenters. The second-order valence-electron chi connectivity index (χ2n) is 8.80. The number of imide groups is 1. The van der Waals surface area contributed by atoms with Crippen molar-refractivity contribution in [1.82, 2.24) is 20.0 Å². The zero-order valence-corrected chi connectivity index (χ0v) is 20.7. The van der Waals surface area contributed by atoms with Gasteiger partial charge in [0.2, 0.25) is 0 Å². The van der Waals surface area contributed by atoms with Gasteiger partial charge in [-0.15, -0.1) is 0 Å². The van der Waals surface area contributed by atoms with Crippen molar-refractivity contribution in [3.63, 3.8) is 0 Å². The molecule has 1 aromatic heterocycles. The standard InChI is InChI=1S/C29H23N5O4/c1-18-6-12-22(13-7-18)34-27(35)24(26(32-34)21-4-3-5-23(14-21)38-2)15-25-28(36)33(29(37)31-25)17-20-10-8-19(16-30)9-11-20/h3-15,32H,17H2,1-2H3,(H,31,37)/b25-15-. The van der Waals surface area contributed by atoms with Gasteiger partial charge in [0, 0.05) is 5.56 Å². The van der Waals surface area contributed by atoms with Gasteiger partial charge < -0.3 is 10.1 Å². The first-order valence-electron chi connectivity index (χ1n) is 11.8. The predicted molar refractivity (Wildman–Crippen MR) is 141 cm³/mol. The Morgan fingerprint density at radius 1 is 1.00 bits per heavy atom. The average molecular weight is 506 g/mol. The van der Waals surface area contributed by atoms with Crippen LogP contribution in [0, 0.1) is 18.3 Å². The van der Waals surface area contributed by atoms with Crippen LogP contribution >= 0.6 is 0 Å². The quantitative estimate of drug-likeness (QED) is 0.302. The summed E-state index contributed by atoms with van der Waals surface area (Å²) in [6.07, 6.45) is 1.40. The lowest BCUT2D eigenvalue weighted by molar-refractivity contribution is -0.123. The fourth-order valence-corrected chi connectivity index (χ4v) is 4.19. The van der Waals surface area contributed by atoms with E-state index in [1.54, 1.807) is 49.6 Å². The molecule has 2 heterocycles. The van der Waals surface area contributed by atoms with Crippen LogP contribution in [0.5, 0.6) is 5.75 Å². The van der Waals surface area contributed by atoms with E-state index >= 15 is 0 Å². The highest BCUT2D eigenvalue weighted by molar-refractivity contribution is 6.14. The first-order chi connectivity index (χ1) is 18.4. The normalized spacial score (nSPS) is 14.0. The summed E-state index contributed by atoms with van der Waals surface area (Å²) in [5, 5.41) is 14.7. The molecule has 0 aliphatic carbocycles. The van der Waals surface area contributed by atoms with Gasteiger partial charge in [-0.3, -0.25) is 19.6 Å². The maximum absolute atomic E-state index is 13.6. The van der Waals surface area contributed by atoms with Gasteiger partial charge in [-0.2, -0.15) is 5.26 Å². The molecule has 1 aliphatic rings. The molecule has 188 valence electrons. The fourth-order valence-electron chi connectivity index (χ4n) is 4.19. The Morgan fingerprint density at radius 3 is 2.42 bits per heavy atom. The number of carbonyl (C=O) groups is 2. The van der Waals surface area contributed by atoms with Gasteiger partial charge in [0.1, 0.15) is 11.4 Å². The third-order valence-corrected chi connectivity index (χ3v) is 6.25. The van der Waals surface area contributed by atoms with Gasteiger partial charge in [-0.05, 0) is 55.0 Å². The van der Waals surface area contributed by atoms with E-state index in [0.29, 0.717) is 33.8 Å². The van der Waals surface area contributed by atoms with Gasteiger partial charge >= 0.3 is 6.03 Å². The number of aromatic nitrogens is 2. The predicted octanol–water partition coefficient (Wildman–Crippen LogP) is 4.11. The molecule has 1 saturated heterocycles. The summed E-state index contributed by atoms with van der Waals surface area (Å²) in [5.41, 5.74) is 3.79. The largest absolute Gasteiger partial charge is 0.497 e. The second kappa shape index (κ2) is 9.95. The van der Waals surface area contributed by atoms with Crippen molar-refractivity contribution in [1.29, 1.82) is 5.26 Å². The van der Waals surface area contributed by atoms with Crippen molar-refractivity contribution in [2.45, 2.75) is 13.5 Å². The number of aromatic amines is 1. The maximum atomic E-state index is 13.6. The van der Waals surface area contributed by atoms with Crippen LogP contribution in [0.2, 0.25) is 0 Å². The smallest absolute Gasteiger partial charge is 0.329 e. The first kappa shape index (κ1) is 24.3. The number of nitrogens with one attached hydrogen (secondary N) is 2. The Bertz CT molecular complexity index is 1670. The second-order valence-corrected chi connectivity index (χ2v) is 8.80. The summed E-state index contributed by atoms with van der Waals surface area (Å²) in [6, 6.07) is 22.7. The number of hydrogen-bond acceptors (Lipinski definition) is 5.